The Morgan fingerprint density at radius 3 is 2.41 bits per heavy atom. The van der Waals surface area contributed by atoms with Crippen LogP contribution in [0.5, 0.6) is 0 Å². The molecule has 1 aliphatic carbocycles. The Hall–Kier alpha value is -0.950. The van der Waals surface area contributed by atoms with Crippen LogP contribution in [-0.4, -0.2) is 66.2 Å². The van der Waals surface area contributed by atoms with Gasteiger partial charge in [0.25, 0.3) is 0 Å². The smallest absolute Gasteiger partial charge is 0.316 e. The van der Waals surface area contributed by atoms with Crippen molar-refractivity contribution in [3.8, 4) is 0 Å². The average Bonchev–Trinajstić information content (AvgIpc) is 3.51. The Balaban J connectivity index is 0.00000180. The van der Waals surface area contributed by atoms with E-state index in [1.54, 1.807) is 0 Å². The maximum Gasteiger partial charge on any atom is 0.316 e. The van der Waals surface area contributed by atoms with Crippen LogP contribution in [0.1, 0.15) is 37.2 Å². The molecular weight excluding hydrogens is 410 g/mol. The van der Waals surface area contributed by atoms with Crippen LogP contribution in [-0.2, 0) is 14.3 Å². The number of piperidine rings is 1. The van der Waals surface area contributed by atoms with Crippen molar-refractivity contribution in [3.63, 3.8) is 0 Å². The van der Waals surface area contributed by atoms with Crippen LogP contribution >= 0.6 is 0 Å². The average molecular weight is 438 g/mol. The van der Waals surface area contributed by atoms with Gasteiger partial charge >= 0.3 is 5.97 Å². The molecule has 3 heterocycles. The van der Waals surface area contributed by atoms with E-state index in [9.17, 15) is 9.90 Å². The maximum absolute atomic E-state index is 12.7. The van der Waals surface area contributed by atoms with E-state index in [4.69, 9.17) is 9.47 Å². The minimum absolute atomic E-state index is 0. The third kappa shape index (κ3) is 3.35. The number of aliphatic hydroxyl groups is 1. The van der Waals surface area contributed by atoms with Crippen LogP contribution in [0.4, 0.5) is 0 Å². The van der Waals surface area contributed by atoms with E-state index in [0.717, 1.165) is 28.8 Å². The van der Waals surface area contributed by atoms with E-state index < -0.39 is 5.92 Å². The van der Waals surface area contributed by atoms with Gasteiger partial charge in [-0.05, 0) is 18.4 Å². The molecule has 6 heteroatoms. The van der Waals surface area contributed by atoms with Gasteiger partial charge in [0.2, 0.25) is 0 Å². The third-order valence-corrected chi connectivity index (χ3v) is 7.14. The van der Waals surface area contributed by atoms with E-state index >= 15 is 0 Å². The Bertz CT molecular complexity index is 677. The van der Waals surface area contributed by atoms with E-state index in [2.05, 4.69) is 7.05 Å². The molecule has 4 fully saturated rings. The zero-order valence-corrected chi connectivity index (χ0v) is 17.3. The van der Waals surface area contributed by atoms with Crippen LogP contribution < -0.4 is 17.0 Å². The van der Waals surface area contributed by atoms with Gasteiger partial charge in [-0.3, -0.25) is 4.79 Å². The van der Waals surface area contributed by atoms with Crippen molar-refractivity contribution < 1.29 is 40.8 Å². The van der Waals surface area contributed by atoms with Gasteiger partial charge in [0.05, 0.1) is 20.2 Å². The highest BCUT2D eigenvalue weighted by molar-refractivity contribution is 5.78. The van der Waals surface area contributed by atoms with Crippen LogP contribution in [0.15, 0.2) is 30.3 Å². The van der Waals surface area contributed by atoms with Crippen molar-refractivity contribution in [1.29, 1.82) is 0 Å². The molecule has 1 aromatic carbocycles. The zero-order chi connectivity index (χ0) is 17.9. The molecule has 5 rings (SSSR count). The largest absolute Gasteiger partial charge is 1.00 e. The monoisotopic (exact) mass is 437 g/mol. The molecule has 2 bridgehead atoms. The summed E-state index contributed by atoms with van der Waals surface area (Å²) in [6.07, 6.45) is 5.22. The van der Waals surface area contributed by atoms with Crippen LogP contribution in [0.25, 0.3) is 0 Å². The highest BCUT2D eigenvalue weighted by Gasteiger charge is 2.72. The zero-order valence-electron chi connectivity index (χ0n) is 15.7. The van der Waals surface area contributed by atoms with Crippen LogP contribution in [0.2, 0.25) is 0 Å². The molecule has 3 aliphatic heterocycles. The molecule has 1 aromatic rings. The molecule has 0 spiro atoms. The Kier molecular flexibility index (Phi) is 5.12. The number of benzene rings is 1. The fraction of sp³-hybridized carbons (Fsp3) is 0.667. The molecule has 1 N–H and O–H groups in total. The van der Waals surface area contributed by atoms with Gasteiger partial charge in [-0.15, -0.1) is 0 Å². The van der Waals surface area contributed by atoms with Gasteiger partial charge in [0, 0.05) is 18.8 Å². The number of fused-ring (bicyclic) bond motifs is 5. The molecule has 5 nitrogen and oxygen atoms in total. The number of carbonyl (C=O) groups is 1. The minimum atomic E-state index is -0.589. The number of esters is 1. The van der Waals surface area contributed by atoms with E-state index in [-0.39, 0.29) is 35.7 Å². The number of hydrogen-bond donors (Lipinski definition) is 1. The van der Waals surface area contributed by atoms with Gasteiger partial charge in [0.1, 0.15) is 36.3 Å². The second-order valence-corrected chi connectivity index (χ2v) is 8.85. The summed E-state index contributed by atoms with van der Waals surface area (Å²) >= 11 is 0. The van der Waals surface area contributed by atoms with Gasteiger partial charge in [-0.2, -0.15) is 0 Å². The summed E-state index contributed by atoms with van der Waals surface area (Å²) in [6.45, 7) is 1.04. The van der Waals surface area contributed by atoms with Crippen molar-refractivity contribution in [1.82, 2.24) is 0 Å². The molecule has 148 valence electrons. The van der Waals surface area contributed by atoms with Gasteiger partial charge in [0.15, 0.2) is 0 Å². The maximum atomic E-state index is 12.7. The molecule has 4 aliphatic rings. The van der Waals surface area contributed by atoms with Crippen LogP contribution in [0, 0.1) is 5.92 Å². The Morgan fingerprint density at radius 1 is 1.22 bits per heavy atom. The number of aliphatic hydroxyl groups excluding tert-OH is 1. The first-order valence-corrected chi connectivity index (χ1v) is 9.97. The van der Waals surface area contributed by atoms with E-state index in [1.807, 2.05) is 30.3 Å². The number of nitrogens with zero attached hydrogens (tertiary/aromatic N) is 1. The second kappa shape index (κ2) is 7.14. The molecule has 1 saturated carbocycles. The van der Waals surface area contributed by atoms with Crippen molar-refractivity contribution in [3.05, 3.63) is 35.9 Å². The summed E-state index contributed by atoms with van der Waals surface area (Å²) in [5.41, 5.74) is 0.819. The number of ether oxygens (including phenoxy) is 2. The molecule has 27 heavy (non-hydrogen) atoms. The Morgan fingerprint density at radius 2 is 1.85 bits per heavy atom. The van der Waals surface area contributed by atoms with E-state index in [1.165, 1.54) is 19.4 Å². The first-order chi connectivity index (χ1) is 12.6. The minimum Gasteiger partial charge on any atom is -1.00 e. The van der Waals surface area contributed by atoms with Crippen molar-refractivity contribution in [2.24, 2.45) is 5.92 Å². The molecule has 0 aromatic heterocycles. The fourth-order valence-electron chi connectivity index (χ4n) is 5.53. The predicted octanol–water partition coefficient (Wildman–Crippen LogP) is -1.15. The lowest BCUT2D eigenvalue weighted by Gasteiger charge is -2.48. The van der Waals surface area contributed by atoms with Crippen molar-refractivity contribution in [2.75, 3.05) is 20.2 Å². The predicted molar refractivity (Wildman–Crippen MR) is 95.4 cm³/mol. The highest BCUT2D eigenvalue weighted by atomic mass is 79.9. The Labute approximate surface area is 171 Å². The topological polar surface area (TPSA) is 59.1 Å². The molecule has 5 atom stereocenters. The fourth-order valence-corrected chi connectivity index (χ4v) is 5.53. The molecule has 0 amide bonds. The van der Waals surface area contributed by atoms with Gasteiger partial charge in [-0.1, -0.05) is 30.3 Å². The number of likely N-dealkylation sites (N-methyl/N-ethyl adjacent to an activating group) is 1. The number of hydrogen-bond acceptors (Lipinski definition) is 4. The van der Waals surface area contributed by atoms with Gasteiger partial charge in [-0.25, -0.2) is 0 Å². The molecule has 3 saturated heterocycles. The summed E-state index contributed by atoms with van der Waals surface area (Å²) in [5.74, 6) is 0.00309. The lowest BCUT2D eigenvalue weighted by molar-refractivity contribution is -0.957. The summed E-state index contributed by atoms with van der Waals surface area (Å²) in [7, 11) is 2.39. The molecule has 4 unspecified atom stereocenters. The SMILES string of the molecule is C[N+]1(CC2CC2)C2CC(OC(=O)[C@H](CO)c3ccccc3)CC1C1OC12.[Br-]. The van der Waals surface area contributed by atoms with Gasteiger partial charge < -0.3 is 36.0 Å². The highest BCUT2D eigenvalue weighted by Crippen LogP contribution is 2.54. The lowest BCUT2D eigenvalue weighted by atomic mass is 9.94. The second-order valence-electron chi connectivity index (χ2n) is 8.85. The first-order valence-electron chi connectivity index (χ1n) is 9.97. The van der Waals surface area contributed by atoms with Crippen molar-refractivity contribution in [2.45, 2.75) is 62.0 Å². The number of quaternary nitrogens is 1. The lowest BCUT2D eigenvalue weighted by Crippen LogP contribution is -3.00. The number of epoxide rings is 1. The number of halogens is 1. The molecular formula is C21H28BrNO4. The normalized spacial score (nSPS) is 39.9. The number of rotatable bonds is 6. The standard InChI is InChI=1S/C21H28NO4.BrH/c1-22(11-13-7-8-13)17-9-15(10-18(22)20-19(17)26-20)25-21(24)16(12-23)14-5-3-2-4-6-14;/h2-6,13,15-20,23H,7-12H2,1H3;1H/q+1;/p-1/t15?,16-,17?,18?,19?,20?,22?;/m1./s1. The first kappa shape index (κ1) is 19.4. The summed E-state index contributed by atoms with van der Waals surface area (Å²) < 4.78 is 12.9. The van der Waals surface area contributed by atoms with E-state index in [0.29, 0.717) is 24.3 Å². The molecule has 0 radical (unpaired) electrons. The van der Waals surface area contributed by atoms with Crippen molar-refractivity contribution >= 4 is 5.97 Å². The quantitative estimate of drug-likeness (QED) is 0.346. The summed E-state index contributed by atoms with van der Waals surface area (Å²) in [6, 6.07) is 10.4. The third-order valence-electron chi connectivity index (χ3n) is 7.14. The van der Waals surface area contributed by atoms with Crippen LogP contribution in [0.3, 0.4) is 0 Å². The number of carbonyl (C=O) groups excluding carboxylic acids is 1. The summed E-state index contributed by atoms with van der Waals surface area (Å²) in [5, 5.41) is 9.71. The number of morpholine rings is 1. The summed E-state index contributed by atoms with van der Waals surface area (Å²) in [4.78, 5) is 12.7.